The van der Waals surface area contributed by atoms with Crippen molar-refractivity contribution in [2.24, 2.45) is 0 Å². The van der Waals surface area contributed by atoms with Crippen LogP contribution in [0.2, 0.25) is 0 Å². The van der Waals surface area contributed by atoms with E-state index < -0.39 is 0 Å². The summed E-state index contributed by atoms with van der Waals surface area (Å²) in [7, 11) is 1.71. The monoisotopic (exact) mass is 262 g/mol. The topological polar surface area (TPSA) is 24.5 Å². The molecule has 0 spiro atoms. The summed E-state index contributed by atoms with van der Waals surface area (Å²) in [5, 5.41) is 3.62. The van der Waals surface area contributed by atoms with E-state index in [0.29, 0.717) is 12.1 Å². The highest BCUT2D eigenvalue weighted by atomic mass is 16.5. The largest absolute Gasteiger partial charge is 0.497 e. The molecule has 0 aliphatic carbocycles. The number of nitrogens with zero attached hydrogens (tertiary/aromatic N) is 1. The molecule has 0 radical (unpaired) electrons. The van der Waals surface area contributed by atoms with Gasteiger partial charge in [0.1, 0.15) is 5.75 Å². The first-order chi connectivity index (χ1) is 9.24. The van der Waals surface area contributed by atoms with Crippen molar-refractivity contribution < 1.29 is 4.74 Å². The molecule has 19 heavy (non-hydrogen) atoms. The number of rotatable bonds is 4. The lowest BCUT2D eigenvalue weighted by Gasteiger charge is -2.27. The summed E-state index contributed by atoms with van der Waals surface area (Å²) < 4.78 is 5.22. The number of hydrogen-bond acceptors (Lipinski definition) is 3. The van der Waals surface area contributed by atoms with Crippen molar-refractivity contribution in [2.45, 2.75) is 38.8 Å². The highest BCUT2D eigenvalue weighted by molar-refractivity contribution is 5.28. The third-order valence-electron chi connectivity index (χ3n) is 4.24. The number of ether oxygens (including phenoxy) is 1. The van der Waals surface area contributed by atoms with Gasteiger partial charge in [0.25, 0.3) is 0 Å². The zero-order valence-electron chi connectivity index (χ0n) is 12.4. The number of hydrogen-bond donors (Lipinski definition) is 1. The molecule has 3 nitrogen and oxygen atoms in total. The third-order valence-corrected chi connectivity index (χ3v) is 4.24. The third kappa shape index (κ3) is 3.71. The van der Waals surface area contributed by atoms with Crippen LogP contribution in [0, 0.1) is 0 Å². The Balaban J connectivity index is 1.99. The summed E-state index contributed by atoms with van der Waals surface area (Å²) in [4.78, 5) is 2.57. The van der Waals surface area contributed by atoms with Crippen LogP contribution in [0.15, 0.2) is 24.3 Å². The van der Waals surface area contributed by atoms with Crippen LogP contribution < -0.4 is 10.1 Å². The van der Waals surface area contributed by atoms with E-state index in [-0.39, 0.29) is 0 Å². The lowest BCUT2D eigenvalue weighted by molar-refractivity contribution is 0.223. The molecule has 2 unspecified atom stereocenters. The smallest absolute Gasteiger partial charge is 0.118 e. The molecule has 2 rings (SSSR count). The lowest BCUT2D eigenvalue weighted by atomic mass is 10.1. The molecule has 0 saturated carbocycles. The summed E-state index contributed by atoms with van der Waals surface area (Å²) in [6, 6.07) is 9.63. The van der Waals surface area contributed by atoms with Crippen LogP contribution in [0.4, 0.5) is 0 Å². The second-order valence-electron chi connectivity index (χ2n) is 5.33. The molecule has 0 bridgehead atoms. The second kappa shape index (κ2) is 6.92. The van der Waals surface area contributed by atoms with Gasteiger partial charge in [-0.2, -0.15) is 0 Å². The summed E-state index contributed by atoms with van der Waals surface area (Å²) in [5.41, 5.74) is 1.37. The molecule has 1 saturated heterocycles. The fourth-order valence-electron chi connectivity index (χ4n) is 2.78. The van der Waals surface area contributed by atoms with Gasteiger partial charge in [0.05, 0.1) is 7.11 Å². The summed E-state index contributed by atoms with van der Waals surface area (Å²) >= 11 is 0. The molecular weight excluding hydrogens is 236 g/mol. The number of nitrogens with one attached hydrogen (secondary N) is 1. The Kier molecular flexibility index (Phi) is 5.23. The van der Waals surface area contributed by atoms with Gasteiger partial charge in [-0.05, 0) is 37.5 Å². The van der Waals surface area contributed by atoms with Crippen LogP contribution in [-0.2, 0) is 0 Å². The molecule has 2 atom stereocenters. The Labute approximate surface area is 116 Å². The van der Waals surface area contributed by atoms with Gasteiger partial charge >= 0.3 is 0 Å². The highest BCUT2D eigenvalue weighted by Crippen LogP contribution is 2.23. The molecule has 106 valence electrons. The van der Waals surface area contributed by atoms with Crippen LogP contribution in [-0.4, -0.2) is 37.7 Å². The summed E-state index contributed by atoms with van der Waals surface area (Å²) in [6.45, 7) is 7.97. The minimum Gasteiger partial charge on any atom is -0.497 e. The van der Waals surface area contributed by atoms with Crippen molar-refractivity contribution in [1.29, 1.82) is 0 Å². The standard InChI is InChI=1S/C16H26N2O/c1-4-15-9-11-18(12-10-17-15)13(2)14-5-7-16(19-3)8-6-14/h5-8,13,15,17H,4,9-12H2,1-3H3. The van der Waals surface area contributed by atoms with Crippen molar-refractivity contribution in [2.75, 3.05) is 26.7 Å². The summed E-state index contributed by atoms with van der Waals surface area (Å²) in [6.07, 6.45) is 2.47. The minimum absolute atomic E-state index is 0.475. The molecule has 0 amide bonds. The Hall–Kier alpha value is -1.06. The Morgan fingerprint density at radius 2 is 2.05 bits per heavy atom. The van der Waals surface area contributed by atoms with Gasteiger partial charge in [0.15, 0.2) is 0 Å². The average molecular weight is 262 g/mol. The molecule has 1 fully saturated rings. The maximum Gasteiger partial charge on any atom is 0.118 e. The molecule has 3 heteroatoms. The van der Waals surface area contributed by atoms with Crippen LogP contribution in [0.3, 0.4) is 0 Å². The van der Waals surface area contributed by atoms with Gasteiger partial charge in [-0.15, -0.1) is 0 Å². The molecule has 0 aromatic heterocycles. The first-order valence-corrected chi connectivity index (χ1v) is 7.36. The Morgan fingerprint density at radius 3 is 2.68 bits per heavy atom. The normalized spacial score (nSPS) is 22.8. The van der Waals surface area contributed by atoms with Crippen LogP contribution in [0.1, 0.15) is 38.3 Å². The average Bonchev–Trinajstić information content (AvgIpc) is 2.72. The van der Waals surface area contributed by atoms with Gasteiger partial charge in [0.2, 0.25) is 0 Å². The van der Waals surface area contributed by atoms with E-state index in [0.717, 1.165) is 18.8 Å². The molecule has 1 aliphatic rings. The SMILES string of the molecule is CCC1CCN(C(C)c2ccc(OC)cc2)CCN1. The second-order valence-corrected chi connectivity index (χ2v) is 5.33. The zero-order chi connectivity index (χ0) is 13.7. The predicted molar refractivity (Wildman–Crippen MR) is 79.7 cm³/mol. The highest BCUT2D eigenvalue weighted by Gasteiger charge is 2.20. The van der Waals surface area contributed by atoms with Gasteiger partial charge in [-0.3, -0.25) is 4.90 Å². The van der Waals surface area contributed by atoms with Gasteiger partial charge < -0.3 is 10.1 Å². The van der Waals surface area contributed by atoms with Crippen LogP contribution >= 0.6 is 0 Å². The van der Waals surface area contributed by atoms with Crippen molar-refractivity contribution in [1.82, 2.24) is 10.2 Å². The maximum atomic E-state index is 5.22. The molecule has 1 N–H and O–H groups in total. The van der Waals surface area contributed by atoms with E-state index in [1.54, 1.807) is 7.11 Å². The van der Waals surface area contributed by atoms with Crippen molar-refractivity contribution in [3.8, 4) is 5.75 Å². The van der Waals surface area contributed by atoms with Gasteiger partial charge in [-0.25, -0.2) is 0 Å². The van der Waals surface area contributed by atoms with E-state index in [1.165, 1.54) is 24.9 Å². The first-order valence-electron chi connectivity index (χ1n) is 7.36. The molecular formula is C16H26N2O. The maximum absolute atomic E-state index is 5.22. The van der Waals surface area contributed by atoms with Crippen molar-refractivity contribution >= 4 is 0 Å². The zero-order valence-corrected chi connectivity index (χ0v) is 12.4. The fourth-order valence-corrected chi connectivity index (χ4v) is 2.78. The van der Waals surface area contributed by atoms with Gasteiger partial charge in [0, 0.05) is 31.7 Å². The van der Waals surface area contributed by atoms with Crippen molar-refractivity contribution in [3.05, 3.63) is 29.8 Å². The molecule has 1 aromatic carbocycles. The molecule has 1 aliphatic heterocycles. The van der Waals surface area contributed by atoms with E-state index in [1.807, 2.05) is 0 Å². The number of benzene rings is 1. The summed E-state index contributed by atoms with van der Waals surface area (Å²) in [5.74, 6) is 0.930. The van der Waals surface area contributed by atoms with E-state index in [4.69, 9.17) is 4.74 Å². The van der Waals surface area contributed by atoms with E-state index in [9.17, 15) is 0 Å². The minimum atomic E-state index is 0.475. The van der Waals surface area contributed by atoms with E-state index in [2.05, 4.69) is 48.3 Å². The van der Waals surface area contributed by atoms with Crippen molar-refractivity contribution in [3.63, 3.8) is 0 Å². The Bertz CT molecular complexity index is 377. The molecule has 1 aromatic rings. The first kappa shape index (κ1) is 14.4. The number of methoxy groups -OCH3 is 1. The fraction of sp³-hybridized carbons (Fsp3) is 0.625. The van der Waals surface area contributed by atoms with Gasteiger partial charge in [-0.1, -0.05) is 19.1 Å². The quantitative estimate of drug-likeness (QED) is 0.903. The van der Waals surface area contributed by atoms with E-state index >= 15 is 0 Å². The van der Waals surface area contributed by atoms with Crippen LogP contribution in [0.25, 0.3) is 0 Å². The predicted octanol–water partition coefficient (Wildman–Crippen LogP) is 2.83. The lowest BCUT2D eigenvalue weighted by Crippen LogP contribution is -2.31. The van der Waals surface area contributed by atoms with Crippen LogP contribution in [0.5, 0.6) is 5.75 Å². The molecule has 1 heterocycles. The Morgan fingerprint density at radius 1 is 1.32 bits per heavy atom.